The molecule has 6 nitrogen and oxygen atoms in total. The molecular weight excluding hydrogens is 345 g/mol. The number of nitrogens with zero attached hydrogens (tertiary/aromatic N) is 3. The number of rotatable bonds is 3. The number of nitrogens with one attached hydrogen (secondary N) is 1. The SMILES string of the molecule is CN1CCN(C2CCN(C3C(F)CNC(C4CCCC4)C3N)CC2)C(=O)C1. The quantitative estimate of drug-likeness (QED) is 0.742. The lowest BCUT2D eigenvalue weighted by Gasteiger charge is -2.49. The van der Waals surface area contributed by atoms with Crippen molar-refractivity contribution in [2.24, 2.45) is 11.7 Å². The largest absolute Gasteiger partial charge is 0.337 e. The van der Waals surface area contributed by atoms with E-state index in [9.17, 15) is 9.18 Å². The Morgan fingerprint density at radius 1 is 1.07 bits per heavy atom. The number of carbonyl (C=O) groups is 1. The highest BCUT2D eigenvalue weighted by atomic mass is 19.1. The molecule has 4 fully saturated rings. The minimum Gasteiger partial charge on any atom is -0.337 e. The Balaban J connectivity index is 1.35. The van der Waals surface area contributed by atoms with Gasteiger partial charge in [0, 0.05) is 50.8 Å². The topological polar surface area (TPSA) is 64.8 Å². The Morgan fingerprint density at radius 3 is 2.44 bits per heavy atom. The van der Waals surface area contributed by atoms with Crippen molar-refractivity contribution in [3.8, 4) is 0 Å². The van der Waals surface area contributed by atoms with Gasteiger partial charge in [-0.15, -0.1) is 0 Å². The number of piperidine rings is 2. The summed E-state index contributed by atoms with van der Waals surface area (Å²) in [5.41, 5.74) is 6.62. The Kier molecular flexibility index (Phi) is 6.02. The van der Waals surface area contributed by atoms with Crippen molar-refractivity contribution < 1.29 is 9.18 Å². The Morgan fingerprint density at radius 2 is 1.78 bits per heavy atom. The van der Waals surface area contributed by atoms with Crippen LogP contribution in [0.1, 0.15) is 38.5 Å². The number of alkyl halides is 1. The third-order valence-corrected chi connectivity index (χ3v) is 7.45. The molecule has 0 spiro atoms. The van der Waals surface area contributed by atoms with Crippen molar-refractivity contribution in [1.29, 1.82) is 0 Å². The van der Waals surface area contributed by atoms with Gasteiger partial charge in [0.2, 0.25) is 5.91 Å². The van der Waals surface area contributed by atoms with Crippen LogP contribution in [0.2, 0.25) is 0 Å². The van der Waals surface area contributed by atoms with Gasteiger partial charge in [-0.3, -0.25) is 14.6 Å². The number of likely N-dealkylation sites (N-methyl/N-ethyl adjacent to an activating group) is 1. The number of nitrogens with two attached hydrogens (primary N) is 1. The molecule has 4 unspecified atom stereocenters. The summed E-state index contributed by atoms with van der Waals surface area (Å²) in [5, 5.41) is 3.42. The molecule has 3 aliphatic heterocycles. The maximum absolute atomic E-state index is 14.8. The van der Waals surface area contributed by atoms with Crippen LogP contribution in [0.4, 0.5) is 4.39 Å². The molecule has 0 aromatic rings. The van der Waals surface area contributed by atoms with Gasteiger partial charge in [-0.05, 0) is 38.6 Å². The van der Waals surface area contributed by atoms with Crippen LogP contribution in [0.3, 0.4) is 0 Å². The fraction of sp³-hybridized carbons (Fsp3) is 0.950. The number of halogens is 1. The lowest BCUT2D eigenvalue weighted by atomic mass is 9.82. The van der Waals surface area contributed by atoms with E-state index in [1.54, 1.807) is 0 Å². The first-order valence-corrected chi connectivity index (χ1v) is 10.9. The van der Waals surface area contributed by atoms with Crippen LogP contribution < -0.4 is 11.1 Å². The highest BCUT2D eigenvalue weighted by Crippen LogP contribution is 2.33. The Hall–Kier alpha value is -0.760. The molecule has 3 N–H and O–H groups in total. The second-order valence-electron chi connectivity index (χ2n) is 9.15. The normalized spacial score (nSPS) is 38.6. The van der Waals surface area contributed by atoms with E-state index in [2.05, 4.69) is 20.0 Å². The number of likely N-dealkylation sites (tertiary alicyclic amines) is 1. The van der Waals surface area contributed by atoms with E-state index in [1.165, 1.54) is 25.7 Å². The average molecular weight is 382 g/mol. The van der Waals surface area contributed by atoms with Crippen LogP contribution >= 0.6 is 0 Å². The van der Waals surface area contributed by atoms with E-state index in [0.717, 1.165) is 39.0 Å². The summed E-state index contributed by atoms with van der Waals surface area (Å²) in [7, 11) is 2.00. The number of hydrogen-bond acceptors (Lipinski definition) is 5. The minimum atomic E-state index is -0.903. The summed E-state index contributed by atoms with van der Waals surface area (Å²) in [6.45, 7) is 4.41. The van der Waals surface area contributed by atoms with E-state index in [0.29, 0.717) is 25.0 Å². The summed E-state index contributed by atoms with van der Waals surface area (Å²) in [6.07, 6.45) is 5.98. The number of amides is 1. The average Bonchev–Trinajstić information content (AvgIpc) is 3.17. The summed E-state index contributed by atoms with van der Waals surface area (Å²) in [6, 6.07) is 0.241. The van der Waals surface area contributed by atoms with Crippen molar-refractivity contribution in [3.63, 3.8) is 0 Å². The molecule has 3 heterocycles. The van der Waals surface area contributed by atoms with E-state index >= 15 is 0 Å². The molecule has 1 aliphatic carbocycles. The molecule has 1 saturated carbocycles. The zero-order valence-corrected chi connectivity index (χ0v) is 16.7. The third kappa shape index (κ3) is 4.02. The molecule has 4 rings (SSSR count). The molecule has 1 amide bonds. The van der Waals surface area contributed by atoms with Gasteiger partial charge in [0.25, 0.3) is 0 Å². The van der Waals surface area contributed by atoms with Crippen molar-refractivity contribution in [2.75, 3.05) is 46.3 Å². The van der Waals surface area contributed by atoms with Crippen molar-refractivity contribution >= 4 is 5.91 Å². The molecule has 4 atom stereocenters. The molecule has 4 aliphatic rings. The van der Waals surface area contributed by atoms with Gasteiger partial charge in [0.1, 0.15) is 6.17 Å². The van der Waals surface area contributed by atoms with Gasteiger partial charge in [-0.1, -0.05) is 12.8 Å². The Labute approximate surface area is 162 Å². The molecule has 0 radical (unpaired) electrons. The highest BCUT2D eigenvalue weighted by molar-refractivity contribution is 5.79. The minimum absolute atomic E-state index is 0.140. The summed E-state index contributed by atoms with van der Waals surface area (Å²) >= 11 is 0. The number of piperazine rings is 1. The predicted octanol–water partition coefficient (Wildman–Crippen LogP) is 0.421. The zero-order chi connectivity index (χ0) is 19.0. The van der Waals surface area contributed by atoms with Crippen LogP contribution in [0.15, 0.2) is 0 Å². The first kappa shape index (κ1) is 19.6. The molecule has 0 bridgehead atoms. The third-order valence-electron chi connectivity index (χ3n) is 7.45. The van der Waals surface area contributed by atoms with Gasteiger partial charge < -0.3 is 16.0 Å². The monoisotopic (exact) mass is 381 g/mol. The van der Waals surface area contributed by atoms with Crippen LogP contribution in [0.5, 0.6) is 0 Å². The molecule has 7 heteroatoms. The maximum Gasteiger partial charge on any atom is 0.237 e. The van der Waals surface area contributed by atoms with E-state index < -0.39 is 6.17 Å². The van der Waals surface area contributed by atoms with Crippen LogP contribution in [0.25, 0.3) is 0 Å². The molecular formula is C20H36FN5O. The van der Waals surface area contributed by atoms with Crippen molar-refractivity contribution in [2.45, 2.75) is 68.9 Å². The summed E-state index contributed by atoms with van der Waals surface area (Å²) in [5.74, 6) is 0.848. The first-order valence-electron chi connectivity index (χ1n) is 10.9. The molecule has 154 valence electrons. The second-order valence-corrected chi connectivity index (χ2v) is 9.15. The van der Waals surface area contributed by atoms with Crippen LogP contribution in [0, 0.1) is 5.92 Å². The van der Waals surface area contributed by atoms with Crippen molar-refractivity contribution in [3.05, 3.63) is 0 Å². The lowest BCUT2D eigenvalue weighted by Crippen LogP contribution is -2.69. The zero-order valence-electron chi connectivity index (χ0n) is 16.7. The molecule has 0 aromatic heterocycles. The van der Waals surface area contributed by atoms with Crippen LogP contribution in [-0.2, 0) is 4.79 Å². The van der Waals surface area contributed by atoms with Crippen molar-refractivity contribution in [1.82, 2.24) is 20.0 Å². The molecule has 3 saturated heterocycles. The lowest BCUT2D eigenvalue weighted by molar-refractivity contribution is -0.139. The van der Waals surface area contributed by atoms with Gasteiger partial charge in [-0.2, -0.15) is 0 Å². The van der Waals surface area contributed by atoms with E-state index in [1.807, 2.05) is 7.05 Å². The predicted molar refractivity (Wildman–Crippen MR) is 104 cm³/mol. The van der Waals surface area contributed by atoms with Gasteiger partial charge in [0.05, 0.1) is 12.6 Å². The number of hydrogen-bond donors (Lipinski definition) is 2. The van der Waals surface area contributed by atoms with E-state index in [4.69, 9.17) is 5.73 Å². The standard InChI is InChI=1S/C20H36FN5O/c1-24-10-11-26(17(27)13-24)15-6-8-25(9-7-15)20-16(21)12-23-19(18(20)22)14-4-2-3-5-14/h14-16,18-20,23H,2-13,22H2,1H3. The summed E-state index contributed by atoms with van der Waals surface area (Å²) < 4.78 is 14.8. The van der Waals surface area contributed by atoms with Crippen LogP contribution in [-0.4, -0.2) is 97.3 Å². The Bertz CT molecular complexity index is 521. The molecule has 0 aromatic carbocycles. The summed E-state index contributed by atoms with van der Waals surface area (Å²) in [4.78, 5) is 18.8. The highest BCUT2D eigenvalue weighted by Gasteiger charge is 2.45. The fourth-order valence-electron chi connectivity index (χ4n) is 5.91. The fourth-order valence-corrected chi connectivity index (χ4v) is 5.91. The number of carbonyl (C=O) groups excluding carboxylic acids is 1. The van der Waals surface area contributed by atoms with E-state index in [-0.39, 0.29) is 24.0 Å². The second kappa shape index (κ2) is 8.31. The van der Waals surface area contributed by atoms with Gasteiger partial charge >= 0.3 is 0 Å². The molecule has 27 heavy (non-hydrogen) atoms. The first-order chi connectivity index (χ1) is 13.0. The smallest absolute Gasteiger partial charge is 0.237 e. The van der Waals surface area contributed by atoms with Gasteiger partial charge in [0.15, 0.2) is 0 Å². The van der Waals surface area contributed by atoms with Gasteiger partial charge in [-0.25, -0.2) is 4.39 Å². The maximum atomic E-state index is 14.8.